The summed E-state index contributed by atoms with van der Waals surface area (Å²) < 4.78 is 5.33. The molecule has 3 nitrogen and oxygen atoms in total. The van der Waals surface area contributed by atoms with E-state index in [0.29, 0.717) is 23.9 Å². The van der Waals surface area contributed by atoms with Gasteiger partial charge >= 0.3 is 0 Å². The molecule has 0 aromatic carbocycles. The van der Waals surface area contributed by atoms with Gasteiger partial charge in [0.1, 0.15) is 0 Å². The van der Waals surface area contributed by atoms with E-state index in [-0.39, 0.29) is 5.41 Å². The van der Waals surface area contributed by atoms with E-state index in [4.69, 9.17) is 4.74 Å². The van der Waals surface area contributed by atoms with Gasteiger partial charge in [0.05, 0.1) is 17.8 Å². The molecule has 4 rings (SSSR count). The number of ether oxygens (including phenoxy) is 1. The summed E-state index contributed by atoms with van der Waals surface area (Å²) in [5, 5.41) is 22.5. The van der Waals surface area contributed by atoms with Gasteiger partial charge < -0.3 is 14.9 Å². The first-order valence-corrected chi connectivity index (χ1v) is 11.2. The van der Waals surface area contributed by atoms with Crippen LogP contribution in [0.2, 0.25) is 0 Å². The van der Waals surface area contributed by atoms with Crippen LogP contribution in [0.4, 0.5) is 0 Å². The van der Waals surface area contributed by atoms with Crippen molar-refractivity contribution in [2.24, 2.45) is 34.5 Å². The maximum atomic E-state index is 11.5. The number of hydrogen-bond donors (Lipinski definition) is 2. The standard InChI is InChI=1S/C24H40O3/c1-16(2)24(26)11-9-20-18-7-6-17-14-23(25,15-27-5)13-12-21(17,3)19(18)8-10-22(20,24)4/h17-20,25-26H,1,6-15H2,2-5H3/t17-,18-,19+,20+,21+,22+,23-,24?/m1/s1. The Bertz CT molecular complexity index is 617. The van der Waals surface area contributed by atoms with E-state index in [1.807, 2.05) is 6.92 Å². The van der Waals surface area contributed by atoms with Crippen LogP contribution in [0.1, 0.15) is 78.6 Å². The van der Waals surface area contributed by atoms with Crippen molar-refractivity contribution in [3.8, 4) is 0 Å². The topological polar surface area (TPSA) is 49.7 Å². The third kappa shape index (κ3) is 2.64. The van der Waals surface area contributed by atoms with E-state index < -0.39 is 11.2 Å². The Hall–Kier alpha value is -0.380. The Balaban J connectivity index is 1.59. The summed E-state index contributed by atoms with van der Waals surface area (Å²) in [5.74, 6) is 2.70. The molecule has 4 aliphatic rings. The molecular weight excluding hydrogens is 336 g/mol. The number of aliphatic hydroxyl groups is 2. The minimum absolute atomic E-state index is 0.00531. The zero-order valence-electron chi connectivity index (χ0n) is 17.9. The molecule has 4 fully saturated rings. The lowest BCUT2D eigenvalue weighted by Gasteiger charge is -2.62. The molecule has 0 spiro atoms. The highest BCUT2D eigenvalue weighted by Crippen LogP contribution is 2.69. The van der Waals surface area contributed by atoms with Crippen molar-refractivity contribution in [3.05, 3.63) is 12.2 Å². The van der Waals surface area contributed by atoms with E-state index in [1.165, 1.54) is 19.3 Å². The fraction of sp³-hybridized carbons (Fsp3) is 0.917. The van der Waals surface area contributed by atoms with Gasteiger partial charge in [-0.25, -0.2) is 0 Å². The Kier molecular flexibility index (Phi) is 4.65. The summed E-state index contributed by atoms with van der Waals surface area (Å²) in [6.07, 6.45) is 9.76. The van der Waals surface area contributed by atoms with Crippen molar-refractivity contribution in [2.75, 3.05) is 13.7 Å². The lowest BCUT2D eigenvalue weighted by atomic mass is 9.43. The molecule has 27 heavy (non-hydrogen) atoms. The number of fused-ring (bicyclic) bond motifs is 5. The smallest absolute Gasteiger partial charge is 0.0907 e. The Morgan fingerprint density at radius 2 is 1.70 bits per heavy atom. The molecule has 0 amide bonds. The molecule has 2 N–H and O–H groups in total. The average molecular weight is 377 g/mol. The van der Waals surface area contributed by atoms with Crippen molar-refractivity contribution in [1.82, 2.24) is 0 Å². The van der Waals surface area contributed by atoms with Crippen LogP contribution in [0.5, 0.6) is 0 Å². The predicted molar refractivity (Wildman–Crippen MR) is 108 cm³/mol. The van der Waals surface area contributed by atoms with Crippen LogP contribution in [0.25, 0.3) is 0 Å². The highest BCUT2D eigenvalue weighted by molar-refractivity contribution is 5.24. The van der Waals surface area contributed by atoms with Crippen molar-refractivity contribution in [3.63, 3.8) is 0 Å². The fourth-order valence-electron chi connectivity index (χ4n) is 8.44. The zero-order valence-corrected chi connectivity index (χ0v) is 17.9. The third-order valence-corrected chi connectivity index (χ3v) is 10.1. The second-order valence-electron chi connectivity index (χ2n) is 11.2. The maximum Gasteiger partial charge on any atom is 0.0907 e. The molecule has 0 aromatic rings. The highest BCUT2D eigenvalue weighted by Gasteiger charge is 2.65. The van der Waals surface area contributed by atoms with Gasteiger partial charge in [-0.05, 0) is 99.4 Å². The predicted octanol–water partition coefficient (Wildman–Crippen LogP) is 4.71. The lowest BCUT2D eigenvalue weighted by Crippen LogP contribution is -2.58. The Morgan fingerprint density at radius 1 is 1.00 bits per heavy atom. The highest BCUT2D eigenvalue weighted by atomic mass is 16.5. The van der Waals surface area contributed by atoms with Gasteiger partial charge in [0.2, 0.25) is 0 Å². The molecule has 154 valence electrons. The van der Waals surface area contributed by atoms with Crippen LogP contribution >= 0.6 is 0 Å². The molecule has 0 heterocycles. The van der Waals surface area contributed by atoms with Crippen molar-refractivity contribution in [2.45, 2.75) is 89.8 Å². The van der Waals surface area contributed by atoms with Crippen LogP contribution in [-0.4, -0.2) is 35.1 Å². The summed E-state index contributed by atoms with van der Waals surface area (Å²) in [4.78, 5) is 0. The van der Waals surface area contributed by atoms with Gasteiger partial charge in [-0.15, -0.1) is 0 Å². The number of rotatable bonds is 3. The molecule has 0 radical (unpaired) electrons. The Labute approximate surface area is 165 Å². The summed E-state index contributed by atoms with van der Waals surface area (Å²) in [6, 6.07) is 0. The van der Waals surface area contributed by atoms with Crippen LogP contribution < -0.4 is 0 Å². The van der Waals surface area contributed by atoms with E-state index in [9.17, 15) is 10.2 Å². The normalized spacial score (nSPS) is 54.7. The third-order valence-electron chi connectivity index (χ3n) is 10.1. The molecule has 0 aliphatic heterocycles. The quantitative estimate of drug-likeness (QED) is 0.701. The van der Waals surface area contributed by atoms with Crippen molar-refractivity contribution < 1.29 is 14.9 Å². The van der Waals surface area contributed by atoms with Crippen LogP contribution in [0, 0.1) is 34.5 Å². The molecule has 3 heteroatoms. The maximum absolute atomic E-state index is 11.5. The second-order valence-corrected chi connectivity index (χ2v) is 11.2. The van der Waals surface area contributed by atoms with E-state index in [2.05, 4.69) is 20.4 Å². The first-order valence-electron chi connectivity index (χ1n) is 11.2. The molecule has 8 atom stereocenters. The SMILES string of the molecule is C=C(C)C1(O)CC[C@H]2[C@@H]3CC[C@@H]4C[C@@](O)(COC)CC[C@]4(C)[C@H]3CC[C@@]21C. The van der Waals surface area contributed by atoms with Gasteiger partial charge in [-0.1, -0.05) is 20.4 Å². The molecule has 0 aromatic heterocycles. The average Bonchev–Trinajstić information content (AvgIpc) is 2.89. The molecule has 4 saturated carbocycles. The summed E-state index contributed by atoms with van der Waals surface area (Å²) in [7, 11) is 1.70. The Morgan fingerprint density at radius 3 is 2.37 bits per heavy atom. The summed E-state index contributed by atoms with van der Waals surface area (Å²) in [6.45, 7) is 11.5. The zero-order chi connectivity index (χ0) is 19.7. The van der Waals surface area contributed by atoms with Crippen molar-refractivity contribution >= 4 is 0 Å². The van der Waals surface area contributed by atoms with Gasteiger partial charge in [-0.2, -0.15) is 0 Å². The monoisotopic (exact) mass is 376 g/mol. The van der Waals surface area contributed by atoms with Gasteiger partial charge in [0.15, 0.2) is 0 Å². The van der Waals surface area contributed by atoms with Crippen LogP contribution in [0.15, 0.2) is 12.2 Å². The van der Waals surface area contributed by atoms with Gasteiger partial charge in [-0.3, -0.25) is 0 Å². The molecule has 4 aliphatic carbocycles. The molecule has 0 saturated heterocycles. The first-order chi connectivity index (χ1) is 12.6. The largest absolute Gasteiger partial charge is 0.387 e. The minimum Gasteiger partial charge on any atom is -0.387 e. The van der Waals surface area contributed by atoms with E-state index in [0.717, 1.165) is 55.9 Å². The number of hydrogen-bond acceptors (Lipinski definition) is 3. The summed E-state index contributed by atoms with van der Waals surface area (Å²) in [5.41, 5.74) is 0.00454. The lowest BCUT2D eigenvalue weighted by molar-refractivity contribution is -0.172. The molecule has 1 unspecified atom stereocenters. The van der Waals surface area contributed by atoms with E-state index >= 15 is 0 Å². The minimum atomic E-state index is -0.675. The molecule has 0 bridgehead atoms. The second kappa shape index (κ2) is 6.31. The van der Waals surface area contributed by atoms with Gasteiger partial charge in [0, 0.05) is 12.5 Å². The van der Waals surface area contributed by atoms with Crippen LogP contribution in [0.3, 0.4) is 0 Å². The van der Waals surface area contributed by atoms with E-state index in [1.54, 1.807) is 7.11 Å². The first kappa shape index (κ1) is 19.9. The molecular formula is C24H40O3. The van der Waals surface area contributed by atoms with Crippen LogP contribution in [-0.2, 0) is 4.74 Å². The fourth-order valence-corrected chi connectivity index (χ4v) is 8.44. The number of methoxy groups -OCH3 is 1. The van der Waals surface area contributed by atoms with Crippen molar-refractivity contribution in [1.29, 1.82) is 0 Å². The summed E-state index contributed by atoms with van der Waals surface area (Å²) >= 11 is 0. The van der Waals surface area contributed by atoms with Gasteiger partial charge in [0.25, 0.3) is 0 Å².